The van der Waals surface area contributed by atoms with Gasteiger partial charge in [-0.1, -0.05) is 6.07 Å². The van der Waals surface area contributed by atoms with Crippen molar-refractivity contribution in [2.75, 3.05) is 0 Å². The lowest BCUT2D eigenvalue weighted by Crippen LogP contribution is -1.84. The second-order valence-corrected chi connectivity index (χ2v) is 2.82. The molecule has 0 saturated carbocycles. The molecule has 1 radical (unpaired) electrons. The Hall–Kier alpha value is -1.64. The van der Waals surface area contributed by atoms with Crippen molar-refractivity contribution in [2.45, 2.75) is 0 Å². The maximum absolute atomic E-state index is 12.8. The summed E-state index contributed by atoms with van der Waals surface area (Å²) in [5.41, 5.74) is 1.61. The van der Waals surface area contributed by atoms with Gasteiger partial charge in [0.15, 0.2) is 0 Å². The largest absolute Gasteiger partial charge is 0.275 e. The summed E-state index contributed by atoms with van der Waals surface area (Å²) in [6.07, 6.45) is 3.51. The molecule has 0 bridgehead atoms. The molecule has 0 aliphatic rings. The summed E-state index contributed by atoms with van der Waals surface area (Å²) in [4.78, 5) is 0. The summed E-state index contributed by atoms with van der Waals surface area (Å²) in [6, 6.07) is 7.33. The molecule has 0 amide bonds. The third kappa shape index (κ3) is 1.59. The van der Waals surface area contributed by atoms with Crippen molar-refractivity contribution in [3.05, 3.63) is 42.5 Å². The Morgan fingerprint density at radius 1 is 1.54 bits per heavy atom. The Balaban J connectivity index is 2.46. The Kier molecular flexibility index (Phi) is 1.85. The standard InChI is InChI=1S/C10H8FN2/c1-13-7-9(6-12-13)8-3-2-4-10(11)5-8/h2,4-7H,1H3. The Bertz CT molecular complexity index is 420. The summed E-state index contributed by atoms with van der Waals surface area (Å²) in [5.74, 6) is -0.252. The third-order valence-electron chi connectivity index (χ3n) is 1.78. The predicted molar refractivity (Wildman–Crippen MR) is 47.4 cm³/mol. The van der Waals surface area contributed by atoms with Crippen LogP contribution in [0.5, 0.6) is 0 Å². The number of halogens is 1. The molecule has 2 nitrogen and oxygen atoms in total. The van der Waals surface area contributed by atoms with Crippen LogP contribution in [0.3, 0.4) is 0 Å². The fraction of sp³-hybridized carbons (Fsp3) is 0.100. The highest BCUT2D eigenvalue weighted by Gasteiger charge is 2.00. The van der Waals surface area contributed by atoms with Crippen molar-refractivity contribution in [1.29, 1.82) is 0 Å². The van der Waals surface area contributed by atoms with Crippen LogP contribution in [0, 0.1) is 11.9 Å². The highest BCUT2D eigenvalue weighted by atomic mass is 19.1. The van der Waals surface area contributed by atoms with Gasteiger partial charge in [-0.05, 0) is 23.8 Å². The highest BCUT2D eigenvalue weighted by Crippen LogP contribution is 2.17. The molecule has 1 aromatic carbocycles. The molecule has 0 aliphatic carbocycles. The van der Waals surface area contributed by atoms with Crippen molar-refractivity contribution in [1.82, 2.24) is 9.78 Å². The number of benzene rings is 1. The summed E-state index contributed by atoms with van der Waals surface area (Å²) < 4.78 is 14.5. The van der Waals surface area contributed by atoms with Crippen molar-refractivity contribution >= 4 is 0 Å². The van der Waals surface area contributed by atoms with Gasteiger partial charge in [0, 0.05) is 18.8 Å². The number of aryl methyl sites for hydroxylation is 1. The van der Waals surface area contributed by atoms with Crippen LogP contribution in [0.2, 0.25) is 0 Å². The summed E-state index contributed by atoms with van der Waals surface area (Å²) in [6.45, 7) is 0. The minimum Gasteiger partial charge on any atom is -0.275 e. The molecular weight excluding hydrogens is 167 g/mol. The van der Waals surface area contributed by atoms with E-state index in [1.807, 2.05) is 13.2 Å². The summed E-state index contributed by atoms with van der Waals surface area (Å²) in [7, 11) is 1.82. The van der Waals surface area contributed by atoms with Gasteiger partial charge in [0.1, 0.15) is 5.82 Å². The van der Waals surface area contributed by atoms with Gasteiger partial charge < -0.3 is 0 Å². The van der Waals surface area contributed by atoms with Crippen LogP contribution < -0.4 is 0 Å². The van der Waals surface area contributed by atoms with Crippen LogP contribution in [0.15, 0.2) is 30.6 Å². The first-order valence-electron chi connectivity index (χ1n) is 3.92. The van der Waals surface area contributed by atoms with Crippen LogP contribution in [0.25, 0.3) is 11.1 Å². The second kappa shape index (κ2) is 3.01. The normalized spacial score (nSPS) is 10.3. The van der Waals surface area contributed by atoms with E-state index in [9.17, 15) is 4.39 Å². The lowest BCUT2D eigenvalue weighted by molar-refractivity contribution is 0.628. The SMILES string of the molecule is Cn1cc(-c2[c]ccc(F)c2)cn1. The molecular formula is C10H8FN2. The van der Waals surface area contributed by atoms with E-state index >= 15 is 0 Å². The zero-order valence-electron chi connectivity index (χ0n) is 7.16. The number of nitrogens with zero attached hydrogens (tertiary/aromatic N) is 2. The molecule has 65 valence electrons. The molecule has 0 N–H and O–H groups in total. The van der Waals surface area contributed by atoms with Gasteiger partial charge in [-0.25, -0.2) is 4.39 Å². The fourth-order valence-corrected chi connectivity index (χ4v) is 1.17. The minimum atomic E-state index is -0.252. The molecule has 0 saturated heterocycles. The number of hydrogen-bond donors (Lipinski definition) is 0. The van der Waals surface area contributed by atoms with Crippen molar-refractivity contribution in [3.8, 4) is 11.1 Å². The molecule has 0 atom stereocenters. The summed E-state index contributed by atoms with van der Waals surface area (Å²) in [5, 5.41) is 4.00. The van der Waals surface area contributed by atoms with Crippen LogP contribution in [-0.2, 0) is 7.05 Å². The molecule has 2 rings (SSSR count). The van der Waals surface area contributed by atoms with Crippen molar-refractivity contribution < 1.29 is 4.39 Å². The maximum atomic E-state index is 12.8. The molecule has 2 aromatic rings. The van der Waals surface area contributed by atoms with E-state index in [4.69, 9.17) is 0 Å². The number of hydrogen-bond acceptors (Lipinski definition) is 1. The van der Waals surface area contributed by atoms with E-state index in [1.165, 1.54) is 12.1 Å². The Labute approximate surface area is 75.6 Å². The van der Waals surface area contributed by atoms with Gasteiger partial charge in [0.05, 0.1) is 6.20 Å². The number of rotatable bonds is 1. The Morgan fingerprint density at radius 3 is 3.00 bits per heavy atom. The molecule has 1 aromatic heterocycles. The smallest absolute Gasteiger partial charge is 0.123 e. The van der Waals surface area contributed by atoms with Gasteiger partial charge in [0.25, 0.3) is 0 Å². The molecule has 0 unspecified atom stereocenters. The zero-order chi connectivity index (χ0) is 9.26. The van der Waals surface area contributed by atoms with Crippen LogP contribution in [-0.4, -0.2) is 9.78 Å². The molecule has 0 aliphatic heterocycles. The minimum absolute atomic E-state index is 0.252. The summed E-state index contributed by atoms with van der Waals surface area (Å²) >= 11 is 0. The quantitative estimate of drug-likeness (QED) is 0.648. The van der Waals surface area contributed by atoms with E-state index in [1.54, 1.807) is 16.9 Å². The average Bonchev–Trinajstić information content (AvgIpc) is 2.52. The second-order valence-electron chi connectivity index (χ2n) is 2.82. The molecule has 1 heterocycles. The molecule has 0 fully saturated rings. The van der Waals surface area contributed by atoms with Crippen LogP contribution >= 0.6 is 0 Å². The first kappa shape index (κ1) is 7.98. The van der Waals surface area contributed by atoms with E-state index in [-0.39, 0.29) is 5.82 Å². The lowest BCUT2D eigenvalue weighted by atomic mass is 10.1. The van der Waals surface area contributed by atoms with E-state index < -0.39 is 0 Å². The van der Waals surface area contributed by atoms with Crippen LogP contribution in [0.1, 0.15) is 0 Å². The zero-order valence-corrected chi connectivity index (χ0v) is 7.16. The van der Waals surface area contributed by atoms with Gasteiger partial charge in [-0.2, -0.15) is 5.10 Å². The third-order valence-corrected chi connectivity index (χ3v) is 1.78. The van der Waals surface area contributed by atoms with E-state index in [0.717, 1.165) is 11.1 Å². The van der Waals surface area contributed by atoms with Crippen molar-refractivity contribution in [3.63, 3.8) is 0 Å². The first-order chi connectivity index (χ1) is 6.25. The lowest BCUT2D eigenvalue weighted by Gasteiger charge is -1.94. The fourth-order valence-electron chi connectivity index (χ4n) is 1.17. The predicted octanol–water partition coefficient (Wildman–Crippen LogP) is 2.03. The first-order valence-corrected chi connectivity index (χ1v) is 3.92. The van der Waals surface area contributed by atoms with Crippen LogP contribution in [0.4, 0.5) is 4.39 Å². The number of aromatic nitrogens is 2. The Morgan fingerprint density at radius 2 is 2.38 bits per heavy atom. The monoisotopic (exact) mass is 175 g/mol. The van der Waals surface area contributed by atoms with Crippen molar-refractivity contribution in [2.24, 2.45) is 7.05 Å². The van der Waals surface area contributed by atoms with E-state index in [2.05, 4.69) is 11.2 Å². The molecule has 0 spiro atoms. The highest BCUT2D eigenvalue weighted by molar-refractivity contribution is 5.60. The van der Waals surface area contributed by atoms with E-state index in [0.29, 0.717) is 0 Å². The molecule has 13 heavy (non-hydrogen) atoms. The maximum Gasteiger partial charge on any atom is 0.123 e. The average molecular weight is 175 g/mol. The van der Waals surface area contributed by atoms with Gasteiger partial charge in [-0.15, -0.1) is 0 Å². The topological polar surface area (TPSA) is 17.8 Å². The molecule has 3 heteroatoms. The van der Waals surface area contributed by atoms with Gasteiger partial charge in [0.2, 0.25) is 0 Å². The van der Waals surface area contributed by atoms with Gasteiger partial charge >= 0.3 is 0 Å². The van der Waals surface area contributed by atoms with Gasteiger partial charge in [-0.3, -0.25) is 4.68 Å².